The predicted octanol–water partition coefficient (Wildman–Crippen LogP) is 1.95. The van der Waals surface area contributed by atoms with Crippen LogP contribution in [0.5, 0.6) is 0 Å². The number of carbonyl (C=O) groups excluding carboxylic acids is 1. The molecule has 0 saturated heterocycles. The van der Waals surface area contributed by atoms with Gasteiger partial charge in [0.15, 0.2) is 0 Å². The fourth-order valence-corrected chi connectivity index (χ4v) is 1.46. The van der Waals surface area contributed by atoms with Crippen LogP contribution in [0.15, 0.2) is 41.1 Å². The molecule has 0 spiro atoms. The number of hydrogen-bond donors (Lipinski definition) is 2. The molecule has 5 heteroatoms. The molecule has 17 heavy (non-hydrogen) atoms. The summed E-state index contributed by atoms with van der Waals surface area (Å²) in [5, 5.41) is 6.46. The highest BCUT2D eigenvalue weighted by Crippen LogP contribution is 2.16. The largest absolute Gasteiger partial charge is 0.364 e. The zero-order chi connectivity index (χ0) is 12.3. The molecule has 88 valence electrons. The average Bonchev–Trinajstić information content (AvgIpc) is 2.79. The lowest BCUT2D eigenvalue weighted by molar-refractivity contribution is 0.102. The Hall–Kier alpha value is -2.14. The first-order valence-electron chi connectivity index (χ1n) is 5.24. The fraction of sp³-hybridized carbons (Fsp3) is 0.167. The lowest BCUT2D eigenvalue weighted by Crippen LogP contribution is -2.16. The molecule has 0 fully saturated rings. The Kier molecular flexibility index (Phi) is 3.20. The van der Waals surface area contributed by atoms with Crippen molar-refractivity contribution in [2.24, 2.45) is 5.73 Å². The molecule has 1 heterocycles. The maximum absolute atomic E-state index is 11.9. The molecule has 3 N–H and O–H groups in total. The van der Waals surface area contributed by atoms with Crippen LogP contribution in [-0.2, 0) is 0 Å². The van der Waals surface area contributed by atoms with Crippen molar-refractivity contribution in [2.75, 3.05) is 5.32 Å². The summed E-state index contributed by atoms with van der Waals surface area (Å²) >= 11 is 0. The number of anilines is 1. The molecule has 2 aromatic rings. The van der Waals surface area contributed by atoms with Crippen molar-refractivity contribution in [1.29, 1.82) is 0 Å². The Morgan fingerprint density at radius 3 is 2.76 bits per heavy atom. The summed E-state index contributed by atoms with van der Waals surface area (Å²) in [6.07, 6.45) is 1.30. The molecule has 0 unspecified atom stereocenters. The van der Waals surface area contributed by atoms with Gasteiger partial charge in [0, 0.05) is 11.7 Å². The molecule has 0 saturated carbocycles. The Morgan fingerprint density at radius 2 is 2.12 bits per heavy atom. The van der Waals surface area contributed by atoms with Crippen molar-refractivity contribution in [3.05, 3.63) is 47.9 Å². The minimum Gasteiger partial charge on any atom is -0.364 e. The number of nitrogens with two attached hydrogens (primary N) is 1. The molecule has 1 amide bonds. The molecule has 1 atom stereocenters. The van der Waals surface area contributed by atoms with Crippen LogP contribution in [0.25, 0.3) is 0 Å². The molecule has 5 nitrogen and oxygen atoms in total. The standard InChI is InChI=1S/C12H13N3O2/c1-8(13)11-10(7-17-15-11)12(16)14-9-5-3-2-4-6-9/h2-8H,13H2,1H3,(H,14,16)/t8-/m1/s1. The molecule has 0 radical (unpaired) electrons. The molecule has 1 aromatic heterocycles. The van der Waals surface area contributed by atoms with Gasteiger partial charge in [0.25, 0.3) is 5.91 Å². The van der Waals surface area contributed by atoms with E-state index in [2.05, 4.69) is 10.5 Å². The number of rotatable bonds is 3. The number of carbonyl (C=O) groups is 1. The summed E-state index contributed by atoms with van der Waals surface area (Å²) in [6, 6.07) is 8.83. The minimum atomic E-state index is -0.342. The molecule has 0 aliphatic heterocycles. The maximum atomic E-state index is 11.9. The van der Waals surface area contributed by atoms with Gasteiger partial charge in [-0.15, -0.1) is 0 Å². The van der Waals surface area contributed by atoms with Crippen LogP contribution in [0.2, 0.25) is 0 Å². The Morgan fingerprint density at radius 1 is 1.41 bits per heavy atom. The molecule has 0 bridgehead atoms. The highest BCUT2D eigenvalue weighted by atomic mass is 16.5. The third kappa shape index (κ3) is 2.51. The zero-order valence-electron chi connectivity index (χ0n) is 9.38. The van der Waals surface area contributed by atoms with Crippen molar-refractivity contribution in [3.8, 4) is 0 Å². The van der Waals surface area contributed by atoms with Crippen molar-refractivity contribution >= 4 is 11.6 Å². The van der Waals surface area contributed by atoms with Crippen LogP contribution in [0, 0.1) is 0 Å². The van der Waals surface area contributed by atoms with Gasteiger partial charge in [-0.1, -0.05) is 23.4 Å². The lowest BCUT2D eigenvalue weighted by Gasteiger charge is -2.05. The first kappa shape index (κ1) is 11.3. The van der Waals surface area contributed by atoms with E-state index in [1.807, 2.05) is 18.2 Å². The highest BCUT2D eigenvalue weighted by molar-refractivity contribution is 6.04. The van der Waals surface area contributed by atoms with E-state index in [4.69, 9.17) is 10.3 Å². The smallest absolute Gasteiger partial charge is 0.260 e. The number of amides is 1. The Balaban J connectivity index is 2.18. The summed E-state index contributed by atoms with van der Waals surface area (Å²) < 4.78 is 4.77. The number of hydrogen-bond acceptors (Lipinski definition) is 4. The second-order valence-corrected chi connectivity index (χ2v) is 3.72. The van der Waals surface area contributed by atoms with E-state index in [9.17, 15) is 4.79 Å². The third-order valence-electron chi connectivity index (χ3n) is 2.31. The van der Waals surface area contributed by atoms with E-state index in [-0.39, 0.29) is 11.9 Å². The van der Waals surface area contributed by atoms with Gasteiger partial charge < -0.3 is 15.6 Å². The molecule has 2 rings (SSSR count). The van der Waals surface area contributed by atoms with Gasteiger partial charge in [-0.25, -0.2) is 0 Å². The minimum absolute atomic E-state index is 0.273. The first-order chi connectivity index (χ1) is 8.18. The monoisotopic (exact) mass is 231 g/mol. The van der Waals surface area contributed by atoms with Crippen LogP contribution in [-0.4, -0.2) is 11.1 Å². The van der Waals surface area contributed by atoms with Gasteiger partial charge in [0.05, 0.1) is 0 Å². The van der Waals surface area contributed by atoms with Crippen molar-refractivity contribution < 1.29 is 9.32 Å². The average molecular weight is 231 g/mol. The third-order valence-corrected chi connectivity index (χ3v) is 2.31. The van der Waals surface area contributed by atoms with E-state index in [1.165, 1.54) is 6.26 Å². The topological polar surface area (TPSA) is 81.2 Å². The van der Waals surface area contributed by atoms with Gasteiger partial charge >= 0.3 is 0 Å². The van der Waals surface area contributed by atoms with Crippen LogP contribution in [0.3, 0.4) is 0 Å². The summed E-state index contributed by atoms with van der Waals surface area (Å²) in [5.74, 6) is -0.273. The van der Waals surface area contributed by atoms with Crippen LogP contribution >= 0.6 is 0 Å². The van der Waals surface area contributed by atoms with Gasteiger partial charge in [0.1, 0.15) is 17.5 Å². The second kappa shape index (κ2) is 4.80. The zero-order valence-corrected chi connectivity index (χ0v) is 9.38. The second-order valence-electron chi connectivity index (χ2n) is 3.72. The van der Waals surface area contributed by atoms with E-state index in [1.54, 1.807) is 19.1 Å². The van der Waals surface area contributed by atoms with Crippen molar-refractivity contribution in [1.82, 2.24) is 5.16 Å². The van der Waals surface area contributed by atoms with Gasteiger partial charge in [0.2, 0.25) is 0 Å². The maximum Gasteiger partial charge on any atom is 0.260 e. The predicted molar refractivity (Wildman–Crippen MR) is 63.5 cm³/mol. The van der Waals surface area contributed by atoms with Crippen molar-refractivity contribution in [2.45, 2.75) is 13.0 Å². The normalized spacial score (nSPS) is 12.1. The van der Waals surface area contributed by atoms with Crippen LogP contribution < -0.4 is 11.1 Å². The number of aromatic nitrogens is 1. The van der Waals surface area contributed by atoms with Gasteiger partial charge in [-0.3, -0.25) is 4.79 Å². The molecular weight excluding hydrogens is 218 g/mol. The van der Waals surface area contributed by atoms with Crippen LogP contribution in [0.4, 0.5) is 5.69 Å². The fourth-order valence-electron chi connectivity index (χ4n) is 1.46. The quantitative estimate of drug-likeness (QED) is 0.845. The number of para-hydroxylation sites is 1. The number of nitrogens with one attached hydrogen (secondary N) is 1. The summed E-state index contributed by atoms with van der Waals surface area (Å²) in [6.45, 7) is 1.75. The Labute approximate surface area is 98.6 Å². The number of nitrogens with zero attached hydrogens (tertiary/aromatic N) is 1. The molecule has 1 aromatic carbocycles. The van der Waals surface area contributed by atoms with Crippen molar-refractivity contribution in [3.63, 3.8) is 0 Å². The molecular formula is C12H13N3O2. The van der Waals surface area contributed by atoms with Crippen LogP contribution in [0.1, 0.15) is 29.0 Å². The number of benzene rings is 1. The molecule has 0 aliphatic carbocycles. The highest BCUT2D eigenvalue weighted by Gasteiger charge is 2.18. The Bertz CT molecular complexity index is 505. The SMILES string of the molecule is C[C@@H](N)c1nocc1C(=O)Nc1ccccc1. The van der Waals surface area contributed by atoms with Gasteiger partial charge in [-0.05, 0) is 19.1 Å². The van der Waals surface area contributed by atoms with E-state index < -0.39 is 0 Å². The molecule has 0 aliphatic rings. The summed E-state index contributed by atoms with van der Waals surface area (Å²) in [7, 11) is 0. The lowest BCUT2D eigenvalue weighted by atomic mass is 10.1. The summed E-state index contributed by atoms with van der Waals surface area (Å²) in [5.41, 5.74) is 7.23. The first-order valence-corrected chi connectivity index (χ1v) is 5.24. The summed E-state index contributed by atoms with van der Waals surface area (Å²) in [4.78, 5) is 11.9. The van der Waals surface area contributed by atoms with E-state index in [0.29, 0.717) is 16.9 Å². The van der Waals surface area contributed by atoms with E-state index >= 15 is 0 Å². The van der Waals surface area contributed by atoms with E-state index in [0.717, 1.165) is 0 Å². The van der Waals surface area contributed by atoms with Gasteiger partial charge in [-0.2, -0.15) is 0 Å².